The number of ether oxygens (including phenoxy) is 2. The predicted molar refractivity (Wildman–Crippen MR) is 70.9 cm³/mol. The van der Waals surface area contributed by atoms with Gasteiger partial charge in [-0.3, -0.25) is 0 Å². The Bertz CT molecular complexity index is 350. The summed E-state index contributed by atoms with van der Waals surface area (Å²) in [6.45, 7) is 4.75. The van der Waals surface area contributed by atoms with E-state index in [1.165, 1.54) is 0 Å². The van der Waals surface area contributed by atoms with Crippen molar-refractivity contribution >= 4 is 5.82 Å². The van der Waals surface area contributed by atoms with Crippen molar-refractivity contribution in [3.8, 4) is 0 Å². The Hall–Kier alpha value is -1.17. The Morgan fingerprint density at radius 3 is 2.22 bits per heavy atom. The van der Waals surface area contributed by atoms with E-state index in [9.17, 15) is 0 Å². The normalized spacial score (nSPS) is 10.7. The predicted octanol–water partition coefficient (Wildman–Crippen LogP) is 0.982. The molecule has 0 aromatic carbocycles. The number of hydrogen-bond donors (Lipinski definition) is 1. The van der Waals surface area contributed by atoms with Crippen LogP contribution in [0.2, 0.25) is 0 Å². The first-order valence-corrected chi connectivity index (χ1v) is 6.03. The van der Waals surface area contributed by atoms with Gasteiger partial charge in [0.05, 0.1) is 19.8 Å². The Kier molecular flexibility index (Phi) is 6.64. The maximum absolute atomic E-state index is 9.14. The summed E-state index contributed by atoms with van der Waals surface area (Å²) >= 11 is 0. The van der Waals surface area contributed by atoms with Crippen LogP contribution >= 0.6 is 0 Å². The molecule has 0 saturated carbocycles. The minimum Gasteiger partial charge on any atom is -0.392 e. The van der Waals surface area contributed by atoms with Crippen LogP contribution in [0.25, 0.3) is 0 Å². The lowest BCUT2D eigenvalue weighted by Gasteiger charge is -2.23. The van der Waals surface area contributed by atoms with Crippen LogP contribution in [0.5, 0.6) is 0 Å². The molecule has 0 atom stereocenters. The molecule has 1 N–H and O–H groups in total. The van der Waals surface area contributed by atoms with Gasteiger partial charge in [0.25, 0.3) is 0 Å². The van der Waals surface area contributed by atoms with Gasteiger partial charge in [-0.25, -0.2) is 4.98 Å². The molecule has 1 rings (SSSR count). The van der Waals surface area contributed by atoms with Crippen molar-refractivity contribution in [2.24, 2.45) is 0 Å². The monoisotopic (exact) mass is 254 g/mol. The maximum Gasteiger partial charge on any atom is 0.128 e. The van der Waals surface area contributed by atoms with Crippen LogP contribution in [0.1, 0.15) is 11.3 Å². The summed E-state index contributed by atoms with van der Waals surface area (Å²) < 4.78 is 10.2. The standard InChI is InChI=1S/C13H22N2O3/c1-11-12(10-16)4-5-13(14-11)15(6-8-17-2)7-9-18-3/h4-5,16H,6-10H2,1-3H3. The molecule has 0 fully saturated rings. The molecule has 0 radical (unpaired) electrons. The largest absolute Gasteiger partial charge is 0.392 e. The summed E-state index contributed by atoms with van der Waals surface area (Å²) in [4.78, 5) is 6.62. The van der Waals surface area contributed by atoms with Crippen molar-refractivity contribution in [2.75, 3.05) is 45.4 Å². The highest BCUT2D eigenvalue weighted by atomic mass is 16.5. The molecule has 0 amide bonds. The van der Waals surface area contributed by atoms with Crippen LogP contribution in [-0.2, 0) is 16.1 Å². The van der Waals surface area contributed by atoms with Crippen LogP contribution in [0.3, 0.4) is 0 Å². The van der Waals surface area contributed by atoms with Crippen LogP contribution in [0, 0.1) is 6.92 Å². The minimum absolute atomic E-state index is 0.0231. The Balaban J connectivity index is 2.79. The highest BCUT2D eigenvalue weighted by Gasteiger charge is 2.09. The zero-order valence-electron chi connectivity index (χ0n) is 11.3. The van der Waals surface area contributed by atoms with Crippen molar-refractivity contribution in [1.82, 2.24) is 4.98 Å². The third-order valence-corrected chi connectivity index (χ3v) is 2.81. The number of anilines is 1. The van der Waals surface area contributed by atoms with Gasteiger partial charge in [0.1, 0.15) is 5.82 Å². The first-order chi connectivity index (χ1) is 8.72. The van der Waals surface area contributed by atoms with Crippen molar-refractivity contribution in [2.45, 2.75) is 13.5 Å². The number of pyridine rings is 1. The lowest BCUT2D eigenvalue weighted by Crippen LogP contribution is -2.31. The molecule has 5 heteroatoms. The molecule has 0 unspecified atom stereocenters. The van der Waals surface area contributed by atoms with Gasteiger partial charge in [-0.1, -0.05) is 6.07 Å². The van der Waals surface area contributed by atoms with Gasteiger partial charge in [-0.15, -0.1) is 0 Å². The Labute approximate surface area is 108 Å². The number of aromatic nitrogens is 1. The highest BCUT2D eigenvalue weighted by Crippen LogP contribution is 2.14. The van der Waals surface area contributed by atoms with Crippen LogP contribution in [0.15, 0.2) is 12.1 Å². The second-order valence-electron chi connectivity index (χ2n) is 4.04. The molecular formula is C13H22N2O3. The number of methoxy groups -OCH3 is 2. The fourth-order valence-electron chi connectivity index (χ4n) is 1.66. The molecule has 5 nitrogen and oxygen atoms in total. The van der Waals surface area contributed by atoms with Crippen molar-refractivity contribution in [3.63, 3.8) is 0 Å². The number of nitrogens with zero attached hydrogens (tertiary/aromatic N) is 2. The molecule has 1 heterocycles. The van der Waals surface area contributed by atoms with Gasteiger partial charge in [-0.05, 0) is 18.6 Å². The molecular weight excluding hydrogens is 232 g/mol. The molecule has 0 bridgehead atoms. The summed E-state index contributed by atoms with van der Waals surface area (Å²) in [7, 11) is 3.37. The number of rotatable bonds is 8. The maximum atomic E-state index is 9.14. The Morgan fingerprint density at radius 2 is 1.78 bits per heavy atom. The topological polar surface area (TPSA) is 54.8 Å². The van der Waals surface area contributed by atoms with Crippen LogP contribution < -0.4 is 4.90 Å². The second-order valence-corrected chi connectivity index (χ2v) is 4.04. The average Bonchev–Trinajstić information content (AvgIpc) is 2.39. The van der Waals surface area contributed by atoms with Crippen LogP contribution in [-0.4, -0.2) is 50.6 Å². The van der Waals surface area contributed by atoms with E-state index in [4.69, 9.17) is 14.6 Å². The first kappa shape index (κ1) is 14.9. The van der Waals surface area contributed by atoms with E-state index in [2.05, 4.69) is 9.88 Å². The molecule has 0 saturated heterocycles. The summed E-state index contributed by atoms with van der Waals surface area (Å²) in [6.07, 6.45) is 0. The van der Waals surface area contributed by atoms with E-state index in [0.717, 1.165) is 30.2 Å². The zero-order chi connectivity index (χ0) is 13.4. The minimum atomic E-state index is 0.0231. The Morgan fingerprint density at radius 1 is 1.17 bits per heavy atom. The van der Waals surface area contributed by atoms with E-state index in [1.54, 1.807) is 14.2 Å². The third-order valence-electron chi connectivity index (χ3n) is 2.81. The van der Waals surface area contributed by atoms with E-state index in [-0.39, 0.29) is 6.61 Å². The number of aliphatic hydroxyl groups is 1. The quantitative estimate of drug-likeness (QED) is 0.749. The van der Waals surface area contributed by atoms with E-state index in [0.29, 0.717) is 13.2 Å². The lowest BCUT2D eigenvalue weighted by atomic mass is 10.2. The third kappa shape index (κ3) is 4.25. The van der Waals surface area contributed by atoms with Crippen molar-refractivity contribution < 1.29 is 14.6 Å². The summed E-state index contributed by atoms with van der Waals surface area (Å²) in [5.41, 5.74) is 1.71. The fraction of sp³-hybridized carbons (Fsp3) is 0.615. The lowest BCUT2D eigenvalue weighted by molar-refractivity contribution is 0.190. The van der Waals surface area contributed by atoms with Crippen LogP contribution in [0.4, 0.5) is 5.82 Å². The summed E-state index contributed by atoms with van der Waals surface area (Å²) in [5, 5.41) is 9.14. The van der Waals surface area contributed by atoms with Gasteiger partial charge in [0.2, 0.25) is 0 Å². The van der Waals surface area contributed by atoms with Gasteiger partial charge in [0.15, 0.2) is 0 Å². The molecule has 0 aliphatic carbocycles. The molecule has 0 aliphatic heterocycles. The molecule has 102 valence electrons. The highest BCUT2D eigenvalue weighted by molar-refractivity contribution is 5.41. The van der Waals surface area contributed by atoms with Gasteiger partial charge < -0.3 is 19.5 Å². The number of aryl methyl sites for hydroxylation is 1. The molecule has 18 heavy (non-hydrogen) atoms. The molecule has 1 aromatic rings. The fourth-order valence-corrected chi connectivity index (χ4v) is 1.66. The second kappa shape index (κ2) is 8.02. The van der Waals surface area contributed by atoms with E-state index >= 15 is 0 Å². The van der Waals surface area contributed by atoms with Gasteiger partial charge in [-0.2, -0.15) is 0 Å². The zero-order valence-corrected chi connectivity index (χ0v) is 11.3. The number of hydrogen-bond acceptors (Lipinski definition) is 5. The number of aliphatic hydroxyl groups excluding tert-OH is 1. The molecule has 0 aliphatic rings. The van der Waals surface area contributed by atoms with Crippen molar-refractivity contribution in [1.29, 1.82) is 0 Å². The van der Waals surface area contributed by atoms with Gasteiger partial charge >= 0.3 is 0 Å². The average molecular weight is 254 g/mol. The van der Waals surface area contributed by atoms with E-state index < -0.39 is 0 Å². The first-order valence-electron chi connectivity index (χ1n) is 6.03. The summed E-state index contributed by atoms with van der Waals surface area (Å²) in [6, 6.07) is 3.83. The summed E-state index contributed by atoms with van der Waals surface area (Å²) in [5.74, 6) is 0.888. The molecule has 0 spiro atoms. The SMILES string of the molecule is COCCN(CCOC)c1ccc(CO)c(C)n1. The van der Waals surface area contributed by atoms with E-state index in [1.807, 2.05) is 19.1 Å². The van der Waals surface area contributed by atoms with Gasteiger partial charge in [0, 0.05) is 33.0 Å². The smallest absolute Gasteiger partial charge is 0.128 e. The van der Waals surface area contributed by atoms with Crippen molar-refractivity contribution in [3.05, 3.63) is 23.4 Å². The molecule has 1 aromatic heterocycles.